The molecule has 4 heteroatoms. The van der Waals surface area contributed by atoms with Crippen LogP contribution in [-0.4, -0.2) is 18.0 Å². The number of nitrogens with two attached hydrogens (primary N) is 1. The van der Waals surface area contributed by atoms with E-state index in [0.717, 1.165) is 16.9 Å². The Bertz CT molecular complexity index is 402. The van der Waals surface area contributed by atoms with Crippen molar-refractivity contribution in [1.29, 1.82) is 0 Å². The second-order valence-electron chi connectivity index (χ2n) is 4.60. The highest BCUT2D eigenvalue weighted by molar-refractivity contribution is 5.84. The summed E-state index contributed by atoms with van der Waals surface area (Å²) in [6, 6.07) is 5.54. The highest BCUT2D eigenvalue weighted by Crippen LogP contribution is 2.17. The molecule has 0 saturated carbocycles. The van der Waals surface area contributed by atoms with Gasteiger partial charge >= 0.3 is 0 Å². The van der Waals surface area contributed by atoms with Crippen molar-refractivity contribution in [2.24, 2.45) is 0 Å². The minimum atomic E-state index is -0.263. The molecule has 0 fully saturated rings. The maximum atomic E-state index is 11.7. The molecule has 4 N–H and O–H groups in total. The van der Waals surface area contributed by atoms with Gasteiger partial charge in [-0.2, -0.15) is 0 Å². The van der Waals surface area contributed by atoms with Crippen molar-refractivity contribution >= 4 is 17.3 Å². The Morgan fingerprint density at radius 3 is 2.47 bits per heavy atom. The van der Waals surface area contributed by atoms with E-state index < -0.39 is 0 Å². The van der Waals surface area contributed by atoms with Crippen LogP contribution in [-0.2, 0) is 4.79 Å². The molecule has 1 amide bonds. The molecule has 0 aromatic heterocycles. The fourth-order valence-corrected chi connectivity index (χ4v) is 1.49. The van der Waals surface area contributed by atoms with Crippen LogP contribution in [0.1, 0.15) is 26.3 Å². The summed E-state index contributed by atoms with van der Waals surface area (Å²) in [5.74, 6) is -0.00511. The van der Waals surface area contributed by atoms with E-state index in [2.05, 4.69) is 10.6 Å². The third-order valence-corrected chi connectivity index (χ3v) is 2.48. The van der Waals surface area contributed by atoms with Crippen LogP contribution in [0.2, 0.25) is 0 Å². The second-order valence-corrected chi connectivity index (χ2v) is 4.60. The first-order valence-electron chi connectivity index (χ1n) is 5.83. The Balaban J connectivity index is 2.64. The molecule has 1 rings (SSSR count). The zero-order chi connectivity index (χ0) is 13.0. The summed E-state index contributed by atoms with van der Waals surface area (Å²) in [4.78, 5) is 11.7. The Morgan fingerprint density at radius 1 is 1.29 bits per heavy atom. The van der Waals surface area contributed by atoms with Gasteiger partial charge in [-0.1, -0.05) is 0 Å². The fraction of sp³-hybridized carbons (Fsp3) is 0.462. The standard InChI is InChI=1S/C13H21N3O/c1-8(2)15-13(17)10(4)16-11-5-6-12(14)9(3)7-11/h5-8,10,16H,14H2,1-4H3,(H,15,17). The zero-order valence-corrected chi connectivity index (χ0v) is 10.9. The van der Waals surface area contributed by atoms with Crippen LogP contribution in [0.25, 0.3) is 0 Å². The van der Waals surface area contributed by atoms with Crippen molar-refractivity contribution < 1.29 is 4.79 Å². The number of aryl methyl sites for hydroxylation is 1. The Morgan fingerprint density at radius 2 is 1.94 bits per heavy atom. The lowest BCUT2D eigenvalue weighted by molar-refractivity contribution is -0.122. The van der Waals surface area contributed by atoms with Gasteiger partial charge in [-0.15, -0.1) is 0 Å². The number of nitrogens with one attached hydrogen (secondary N) is 2. The normalized spacial score (nSPS) is 12.3. The summed E-state index contributed by atoms with van der Waals surface area (Å²) in [7, 11) is 0. The molecule has 0 bridgehead atoms. The fourth-order valence-electron chi connectivity index (χ4n) is 1.49. The van der Waals surface area contributed by atoms with E-state index in [0.29, 0.717) is 0 Å². The molecule has 0 aliphatic rings. The monoisotopic (exact) mass is 235 g/mol. The molecule has 0 saturated heterocycles. The van der Waals surface area contributed by atoms with Crippen LogP contribution >= 0.6 is 0 Å². The van der Waals surface area contributed by atoms with Gasteiger partial charge < -0.3 is 16.4 Å². The van der Waals surface area contributed by atoms with Gasteiger partial charge in [0.15, 0.2) is 0 Å². The maximum absolute atomic E-state index is 11.7. The number of carbonyl (C=O) groups excluding carboxylic acids is 1. The van der Waals surface area contributed by atoms with E-state index in [1.807, 2.05) is 45.9 Å². The van der Waals surface area contributed by atoms with Gasteiger partial charge in [0.05, 0.1) is 0 Å². The summed E-state index contributed by atoms with van der Waals surface area (Å²) >= 11 is 0. The molecule has 1 atom stereocenters. The maximum Gasteiger partial charge on any atom is 0.242 e. The Kier molecular flexibility index (Phi) is 4.37. The van der Waals surface area contributed by atoms with Gasteiger partial charge in [-0.05, 0) is 51.5 Å². The van der Waals surface area contributed by atoms with Crippen molar-refractivity contribution in [3.05, 3.63) is 23.8 Å². The van der Waals surface area contributed by atoms with Gasteiger partial charge in [0, 0.05) is 17.4 Å². The molecule has 17 heavy (non-hydrogen) atoms. The predicted octanol–water partition coefficient (Wildman–Crippen LogP) is 1.90. The van der Waals surface area contributed by atoms with Crippen molar-refractivity contribution in [2.75, 3.05) is 11.1 Å². The van der Waals surface area contributed by atoms with Crippen molar-refractivity contribution in [3.8, 4) is 0 Å². The zero-order valence-electron chi connectivity index (χ0n) is 10.9. The van der Waals surface area contributed by atoms with E-state index in [4.69, 9.17) is 5.73 Å². The lowest BCUT2D eigenvalue weighted by atomic mass is 10.1. The number of anilines is 2. The minimum Gasteiger partial charge on any atom is -0.399 e. The lowest BCUT2D eigenvalue weighted by Crippen LogP contribution is -2.40. The van der Waals surface area contributed by atoms with Gasteiger partial charge in [0.25, 0.3) is 0 Å². The molecule has 0 aliphatic carbocycles. The number of carbonyl (C=O) groups is 1. The molecular weight excluding hydrogens is 214 g/mol. The molecule has 94 valence electrons. The lowest BCUT2D eigenvalue weighted by Gasteiger charge is -2.17. The average molecular weight is 235 g/mol. The van der Waals surface area contributed by atoms with E-state index in [1.54, 1.807) is 0 Å². The number of nitrogen functional groups attached to an aromatic ring is 1. The van der Waals surface area contributed by atoms with E-state index in [-0.39, 0.29) is 18.0 Å². The minimum absolute atomic E-state index is 0.00511. The summed E-state index contributed by atoms with van der Waals surface area (Å²) in [6.45, 7) is 7.67. The average Bonchev–Trinajstić information content (AvgIpc) is 2.22. The van der Waals surface area contributed by atoms with Crippen LogP contribution in [0.4, 0.5) is 11.4 Å². The van der Waals surface area contributed by atoms with Gasteiger partial charge in [-0.25, -0.2) is 0 Å². The summed E-state index contributed by atoms with van der Waals surface area (Å²) in [5, 5.41) is 6.01. The molecular formula is C13H21N3O. The number of benzene rings is 1. The number of hydrogen-bond acceptors (Lipinski definition) is 3. The van der Waals surface area contributed by atoms with E-state index in [9.17, 15) is 4.79 Å². The van der Waals surface area contributed by atoms with Gasteiger partial charge in [-0.3, -0.25) is 4.79 Å². The van der Waals surface area contributed by atoms with Crippen LogP contribution in [0.3, 0.4) is 0 Å². The molecule has 0 aliphatic heterocycles. The first-order chi connectivity index (χ1) is 7.90. The third kappa shape index (κ3) is 3.98. The van der Waals surface area contributed by atoms with Crippen LogP contribution in [0.5, 0.6) is 0 Å². The summed E-state index contributed by atoms with van der Waals surface area (Å²) in [5.41, 5.74) is 8.41. The van der Waals surface area contributed by atoms with Crippen LogP contribution in [0, 0.1) is 6.92 Å². The van der Waals surface area contributed by atoms with Crippen molar-refractivity contribution in [1.82, 2.24) is 5.32 Å². The highest BCUT2D eigenvalue weighted by atomic mass is 16.2. The molecule has 0 radical (unpaired) electrons. The summed E-state index contributed by atoms with van der Waals surface area (Å²) < 4.78 is 0. The molecule has 1 aromatic carbocycles. The first kappa shape index (κ1) is 13.4. The largest absolute Gasteiger partial charge is 0.399 e. The molecule has 4 nitrogen and oxygen atoms in total. The smallest absolute Gasteiger partial charge is 0.242 e. The van der Waals surface area contributed by atoms with Gasteiger partial charge in [0.1, 0.15) is 6.04 Å². The first-order valence-corrected chi connectivity index (χ1v) is 5.83. The van der Waals surface area contributed by atoms with E-state index >= 15 is 0 Å². The van der Waals surface area contributed by atoms with E-state index in [1.165, 1.54) is 0 Å². The predicted molar refractivity (Wildman–Crippen MR) is 72.0 cm³/mol. The molecule has 1 aromatic rings. The van der Waals surface area contributed by atoms with Crippen LogP contribution < -0.4 is 16.4 Å². The quantitative estimate of drug-likeness (QED) is 0.698. The SMILES string of the molecule is Cc1cc(NC(C)C(=O)NC(C)C)ccc1N. The molecule has 1 unspecified atom stereocenters. The number of amides is 1. The topological polar surface area (TPSA) is 67.2 Å². The van der Waals surface area contributed by atoms with Gasteiger partial charge in [0.2, 0.25) is 5.91 Å². The number of rotatable bonds is 4. The Hall–Kier alpha value is -1.71. The second kappa shape index (κ2) is 5.57. The highest BCUT2D eigenvalue weighted by Gasteiger charge is 2.13. The Labute approximate surface area is 103 Å². The third-order valence-electron chi connectivity index (χ3n) is 2.48. The molecule has 0 spiro atoms. The van der Waals surface area contributed by atoms with Crippen molar-refractivity contribution in [3.63, 3.8) is 0 Å². The summed E-state index contributed by atoms with van der Waals surface area (Å²) in [6.07, 6.45) is 0. The van der Waals surface area contributed by atoms with Crippen LogP contribution in [0.15, 0.2) is 18.2 Å². The van der Waals surface area contributed by atoms with Crippen molar-refractivity contribution in [2.45, 2.75) is 39.8 Å². The molecule has 0 heterocycles. The number of hydrogen-bond donors (Lipinski definition) is 3.